The first-order valence-corrected chi connectivity index (χ1v) is 3.68. The highest BCUT2D eigenvalue weighted by atomic mass is 16.5. The summed E-state index contributed by atoms with van der Waals surface area (Å²) in [5, 5.41) is 11.6. The van der Waals surface area contributed by atoms with Crippen LogP contribution in [0.5, 0.6) is 0 Å². The second kappa shape index (κ2) is 6.99. The molecule has 0 bridgehead atoms. The van der Waals surface area contributed by atoms with Gasteiger partial charge in [-0.25, -0.2) is 0 Å². The van der Waals surface area contributed by atoms with Gasteiger partial charge in [-0.15, -0.1) is 0 Å². The standard InChI is InChI=1S/C7H17NO2/c1-3-7(6-10-2)8-4-5-9/h7-9H,3-6H2,1-2H3. The Bertz CT molecular complexity index is 68.6. The molecule has 0 saturated carbocycles. The van der Waals surface area contributed by atoms with E-state index in [2.05, 4.69) is 12.2 Å². The van der Waals surface area contributed by atoms with Gasteiger partial charge < -0.3 is 15.2 Å². The van der Waals surface area contributed by atoms with Gasteiger partial charge >= 0.3 is 0 Å². The van der Waals surface area contributed by atoms with E-state index in [9.17, 15) is 0 Å². The van der Waals surface area contributed by atoms with Crippen LogP contribution >= 0.6 is 0 Å². The number of methoxy groups -OCH3 is 1. The second-order valence-corrected chi connectivity index (χ2v) is 2.24. The van der Waals surface area contributed by atoms with E-state index < -0.39 is 0 Å². The van der Waals surface area contributed by atoms with Gasteiger partial charge in [0, 0.05) is 19.7 Å². The summed E-state index contributed by atoms with van der Waals surface area (Å²) >= 11 is 0. The molecule has 0 fully saturated rings. The molecule has 0 spiro atoms. The molecule has 2 N–H and O–H groups in total. The summed E-state index contributed by atoms with van der Waals surface area (Å²) in [5.41, 5.74) is 0. The smallest absolute Gasteiger partial charge is 0.0615 e. The third-order valence-electron chi connectivity index (χ3n) is 1.41. The number of rotatable bonds is 6. The van der Waals surface area contributed by atoms with Crippen LogP contribution in [0.3, 0.4) is 0 Å². The van der Waals surface area contributed by atoms with E-state index in [1.165, 1.54) is 0 Å². The number of ether oxygens (including phenoxy) is 1. The molecule has 0 aliphatic carbocycles. The maximum absolute atomic E-state index is 8.48. The van der Waals surface area contributed by atoms with E-state index in [-0.39, 0.29) is 6.61 Å². The summed E-state index contributed by atoms with van der Waals surface area (Å²) in [6.45, 7) is 3.66. The van der Waals surface area contributed by atoms with Crippen molar-refractivity contribution in [3.05, 3.63) is 0 Å². The average Bonchev–Trinajstić information content (AvgIpc) is 1.98. The highest BCUT2D eigenvalue weighted by molar-refractivity contribution is 4.62. The van der Waals surface area contributed by atoms with E-state index in [1.807, 2.05) is 0 Å². The normalized spacial score (nSPS) is 13.5. The minimum absolute atomic E-state index is 0.195. The van der Waals surface area contributed by atoms with E-state index in [1.54, 1.807) is 7.11 Å². The lowest BCUT2D eigenvalue weighted by Gasteiger charge is -2.14. The predicted molar refractivity (Wildman–Crippen MR) is 41.0 cm³/mol. The summed E-state index contributed by atoms with van der Waals surface area (Å²) in [6, 6.07) is 0.386. The minimum atomic E-state index is 0.195. The lowest BCUT2D eigenvalue weighted by atomic mass is 10.2. The first-order chi connectivity index (χ1) is 4.85. The van der Waals surface area contributed by atoms with Crippen molar-refractivity contribution in [1.82, 2.24) is 5.32 Å². The molecule has 10 heavy (non-hydrogen) atoms. The molecule has 0 aliphatic rings. The topological polar surface area (TPSA) is 41.5 Å². The maximum Gasteiger partial charge on any atom is 0.0615 e. The maximum atomic E-state index is 8.48. The Morgan fingerprint density at radius 2 is 2.30 bits per heavy atom. The Kier molecular flexibility index (Phi) is 6.91. The summed E-state index contributed by atoms with van der Waals surface area (Å²) in [4.78, 5) is 0. The van der Waals surface area contributed by atoms with E-state index in [4.69, 9.17) is 9.84 Å². The molecule has 3 nitrogen and oxygen atoms in total. The lowest BCUT2D eigenvalue weighted by molar-refractivity contribution is 0.160. The fraction of sp³-hybridized carbons (Fsp3) is 1.00. The number of nitrogens with one attached hydrogen (secondary N) is 1. The van der Waals surface area contributed by atoms with Crippen LogP contribution in [-0.2, 0) is 4.74 Å². The SMILES string of the molecule is CCC(COC)NCCO. The zero-order valence-corrected chi connectivity index (χ0v) is 6.76. The molecule has 0 aliphatic heterocycles. The number of aliphatic hydroxyl groups is 1. The molecule has 0 radical (unpaired) electrons. The van der Waals surface area contributed by atoms with Crippen molar-refractivity contribution >= 4 is 0 Å². The largest absolute Gasteiger partial charge is 0.395 e. The molecule has 1 unspecified atom stereocenters. The third-order valence-corrected chi connectivity index (χ3v) is 1.41. The van der Waals surface area contributed by atoms with Crippen LogP contribution in [0.4, 0.5) is 0 Å². The first-order valence-electron chi connectivity index (χ1n) is 3.68. The van der Waals surface area contributed by atoms with Crippen LogP contribution in [0.25, 0.3) is 0 Å². The Morgan fingerprint density at radius 3 is 2.70 bits per heavy atom. The number of aliphatic hydroxyl groups excluding tert-OH is 1. The van der Waals surface area contributed by atoms with Crippen molar-refractivity contribution < 1.29 is 9.84 Å². The quantitative estimate of drug-likeness (QED) is 0.555. The molecule has 0 aromatic heterocycles. The minimum Gasteiger partial charge on any atom is -0.395 e. The van der Waals surface area contributed by atoms with E-state index >= 15 is 0 Å². The second-order valence-electron chi connectivity index (χ2n) is 2.24. The van der Waals surface area contributed by atoms with Gasteiger partial charge in [0.1, 0.15) is 0 Å². The average molecular weight is 147 g/mol. The van der Waals surface area contributed by atoms with Crippen molar-refractivity contribution in [3.63, 3.8) is 0 Å². The van der Waals surface area contributed by atoms with Crippen LogP contribution in [0.1, 0.15) is 13.3 Å². The molecular formula is C7H17NO2. The summed E-state index contributed by atoms with van der Waals surface area (Å²) in [6.07, 6.45) is 1.04. The number of hydrogen-bond acceptors (Lipinski definition) is 3. The third kappa shape index (κ3) is 4.73. The van der Waals surface area contributed by atoms with Gasteiger partial charge in [-0.1, -0.05) is 6.92 Å². The van der Waals surface area contributed by atoms with Crippen molar-refractivity contribution in [1.29, 1.82) is 0 Å². The van der Waals surface area contributed by atoms with E-state index in [0.717, 1.165) is 13.0 Å². The number of hydrogen-bond donors (Lipinski definition) is 2. The van der Waals surface area contributed by atoms with Crippen LogP contribution in [0.15, 0.2) is 0 Å². The van der Waals surface area contributed by atoms with Gasteiger partial charge in [0.2, 0.25) is 0 Å². The van der Waals surface area contributed by atoms with Gasteiger partial charge in [-0.05, 0) is 6.42 Å². The van der Waals surface area contributed by atoms with Gasteiger partial charge in [-0.3, -0.25) is 0 Å². The molecule has 0 amide bonds. The molecule has 3 heteroatoms. The van der Waals surface area contributed by atoms with Crippen molar-refractivity contribution in [2.24, 2.45) is 0 Å². The molecule has 0 heterocycles. The lowest BCUT2D eigenvalue weighted by Crippen LogP contribution is -2.34. The summed E-state index contributed by atoms with van der Waals surface area (Å²) < 4.78 is 4.95. The Labute approximate surface area is 62.4 Å². The highest BCUT2D eigenvalue weighted by Gasteiger charge is 2.01. The van der Waals surface area contributed by atoms with Crippen molar-refractivity contribution in [2.45, 2.75) is 19.4 Å². The van der Waals surface area contributed by atoms with Crippen LogP contribution in [-0.4, -0.2) is 38.0 Å². The monoisotopic (exact) mass is 147 g/mol. The fourth-order valence-corrected chi connectivity index (χ4v) is 0.791. The van der Waals surface area contributed by atoms with Gasteiger partial charge in [0.05, 0.1) is 13.2 Å². The van der Waals surface area contributed by atoms with Gasteiger partial charge in [0.25, 0.3) is 0 Å². The highest BCUT2D eigenvalue weighted by Crippen LogP contribution is 1.89. The molecule has 0 aromatic rings. The molecule has 0 rings (SSSR count). The Balaban J connectivity index is 3.21. The fourth-order valence-electron chi connectivity index (χ4n) is 0.791. The van der Waals surface area contributed by atoms with Crippen LogP contribution in [0, 0.1) is 0 Å². The summed E-state index contributed by atoms with van der Waals surface area (Å²) in [5.74, 6) is 0. The zero-order chi connectivity index (χ0) is 7.82. The van der Waals surface area contributed by atoms with Gasteiger partial charge in [0.15, 0.2) is 0 Å². The Hall–Kier alpha value is -0.120. The Morgan fingerprint density at radius 1 is 1.60 bits per heavy atom. The van der Waals surface area contributed by atoms with Crippen LogP contribution in [0.2, 0.25) is 0 Å². The summed E-state index contributed by atoms with van der Waals surface area (Å²) in [7, 11) is 1.68. The predicted octanol–water partition coefficient (Wildman–Crippen LogP) is -0.00670. The first kappa shape index (κ1) is 9.88. The molecular weight excluding hydrogens is 130 g/mol. The van der Waals surface area contributed by atoms with Crippen molar-refractivity contribution in [3.8, 4) is 0 Å². The molecule has 62 valence electrons. The van der Waals surface area contributed by atoms with E-state index in [0.29, 0.717) is 12.6 Å². The molecule has 0 saturated heterocycles. The van der Waals surface area contributed by atoms with Gasteiger partial charge in [-0.2, -0.15) is 0 Å². The zero-order valence-electron chi connectivity index (χ0n) is 6.76. The van der Waals surface area contributed by atoms with Crippen molar-refractivity contribution in [2.75, 3.05) is 26.9 Å². The molecule has 0 aromatic carbocycles. The van der Waals surface area contributed by atoms with Crippen LogP contribution < -0.4 is 5.32 Å². The molecule has 1 atom stereocenters.